The summed E-state index contributed by atoms with van der Waals surface area (Å²) in [7, 11) is 0. The molecule has 7 heteroatoms. The molecule has 1 aliphatic carbocycles. The molecule has 0 saturated carbocycles. The molecule has 3 atom stereocenters. The fourth-order valence-electron chi connectivity index (χ4n) is 3.67. The number of ether oxygens (including phenoxy) is 2. The maximum atomic E-state index is 12.6. The number of ketones is 2. The largest absolute Gasteiger partial charge is 0.433 e. The summed E-state index contributed by atoms with van der Waals surface area (Å²) in [6, 6.07) is 11.0. The Morgan fingerprint density at radius 2 is 1.96 bits per heavy atom. The molecule has 0 aromatic heterocycles. The first-order valence-electron chi connectivity index (χ1n) is 7.89. The number of hydrogen-bond acceptors (Lipinski definition) is 7. The van der Waals surface area contributed by atoms with Gasteiger partial charge in [0, 0.05) is 19.8 Å². The molecular weight excluding hydrogens is 324 g/mol. The van der Waals surface area contributed by atoms with Crippen LogP contribution in [0.2, 0.25) is 0 Å². The van der Waals surface area contributed by atoms with Crippen LogP contribution in [0.5, 0.6) is 0 Å². The van der Waals surface area contributed by atoms with Gasteiger partial charge in [0.1, 0.15) is 0 Å². The average Bonchev–Trinajstić information content (AvgIpc) is 3.24. The van der Waals surface area contributed by atoms with Gasteiger partial charge in [0.25, 0.3) is 0 Å². The Bertz CT molecular complexity index is 884. The minimum absolute atomic E-state index is 0.0366. The Kier molecular flexibility index (Phi) is 3.11. The van der Waals surface area contributed by atoms with Crippen molar-refractivity contribution in [2.24, 2.45) is 0 Å². The van der Waals surface area contributed by atoms with Gasteiger partial charge in [0.2, 0.25) is 5.54 Å². The Morgan fingerprint density at radius 3 is 2.60 bits per heavy atom. The molecule has 0 radical (unpaired) electrons. The average molecular weight is 338 g/mol. The van der Waals surface area contributed by atoms with Crippen LogP contribution in [0.4, 0.5) is 0 Å². The number of nitriles is 1. The third-order valence-electron chi connectivity index (χ3n) is 4.76. The van der Waals surface area contributed by atoms with Crippen molar-refractivity contribution in [1.82, 2.24) is 5.32 Å². The third kappa shape index (κ3) is 1.98. The summed E-state index contributed by atoms with van der Waals surface area (Å²) in [6.45, 7) is 1.19. The van der Waals surface area contributed by atoms with E-state index in [4.69, 9.17) is 9.47 Å². The number of fused-ring (bicyclic) bond motifs is 1. The first-order valence-corrected chi connectivity index (χ1v) is 7.89. The summed E-state index contributed by atoms with van der Waals surface area (Å²) in [6.07, 6.45) is 0.112. The molecule has 7 nitrogen and oxygen atoms in total. The van der Waals surface area contributed by atoms with E-state index in [1.165, 1.54) is 6.92 Å². The number of Topliss-reactive ketones (excluding diaryl/α,β-unsaturated/α-hetero) is 2. The number of benzene rings is 1. The fourth-order valence-corrected chi connectivity index (χ4v) is 3.67. The van der Waals surface area contributed by atoms with Crippen LogP contribution in [0.3, 0.4) is 0 Å². The maximum Gasteiger partial charge on any atom is 0.351 e. The molecule has 2 heterocycles. The smallest absolute Gasteiger partial charge is 0.351 e. The molecule has 25 heavy (non-hydrogen) atoms. The summed E-state index contributed by atoms with van der Waals surface area (Å²) in [4.78, 5) is 36.5. The first-order chi connectivity index (χ1) is 11.9. The van der Waals surface area contributed by atoms with E-state index in [0.29, 0.717) is 5.56 Å². The van der Waals surface area contributed by atoms with E-state index in [0.717, 1.165) is 0 Å². The molecule has 3 aliphatic rings. The number of nitrogens with zero attached hydrogens (tertiary/aromatic N) is 1. The Labute approximate surface area is 143 Å². The lowest BCUT2D eigenvalue weighted by molar-refractivity contribution is -0.188. The second-order valence-corrected chi connectivity index (χ2v) is 6.29. The van der Waals surface area contributed by atoms with Crippen LogP contribution in [-0.2, 0) is 23.9 Å². The normalized spacial score (nSPS) is 32.9. The SMILES string of the molecule is CC(=O)OC12NC1(C#N)C(c1ccccc1)C1=C(O2)C(=O)CCC1=O. The number of carbonyl (C=O) groups is 3. The number of nitrogens with one attached hydrogen (secondary N) is 1. The van der Waals surface area contributed by atoms with Crippen molar-refractivity contribution in [3.63, 3.8) is 0 Å². The number of esters is 1. The zero-order valence-electron chi connectivity index (χ0n) is 13.4. The highest BCUT2D eigenvalue weighted by atomic mass is 16.8. The minimum Gasteiger partial charge on any atom is -0.433 e. The molecule has 1 aromatic rings. The maximum absolute atomic E-state index is 12.6. The second-order valence-electron chi connectivity index (χ2n) is 6.29. The molecule has 1 saturated heterocycles. The van der Waals surface area contributed by atoms with Crippen molar-refractivity contribution in [1.29, 1.82) is 5.26 Å². The van der Waals surface area contributed by atoms with Gasteiger partial charge in [-0.1, -0.05) is 30.3 Å². The first kappa shape index (κ1) is 15.5. The third-order valence-corrected chi connectivity index (χ3v) is 4.76. The molecule has 3 unspecified atom stereocenters. The highest BCUT2D eigenvalue weighted by Gasteiger charge is 2.82. The van der Waals surface area contributed by atoms with E-state index in [-0.39, 0.29) is 35.7 Å². The van der Waals surface area contributed by atoms with Gasteiger partial charge in [-0.25, -0.2) is 5.32 Å². The van der Waals surface area contributed by atoms with Crippen LogP contribution in [-0.4, -0.2) is 29.0 Å². The molecule has 1 aromatic carbocycles. The van der Waals surface area contributed by atoms with Gasteiger partial charge in [-0.2, -0.15) is 5.26 Å². The van der Waals surface area contributed by atoms with E-state index in [1.807, 2.05) is 6.07 Å². The van der Waals surface area contributed by atoms with Crippen molar-refractivity contribution >= 4 is 17.5 Å². The summed E-state index contributed by atoms with van der Waals surface area (Å²) in [5.74, 6) is -3.85. The predicted molar refractivity (Wildman–Crippen MR) is 82.5 cm³/mol. The van der Waals surface area contributed by atoms with Gasteiger partial charge >= 0.3 is 11.9 Å². The fraction of sp³-hybridized carbons (Fsp3) is 0.333. The van der Waals surface area contributed by atoms with Gasteiger partial charge in [0.05, 0.1) is 17.6 Å². The van der Waals surface area contributed by atoms with Crippen LogP contribution >= 0.6 is 0 Å². The molecule has 4 rings (SSSR count). The van der Waals surface area contributed by atoms with E-state index >= 15 is 0 Å². The van der Waals surface area contributed by atoms with Gasteiger partial charge in [-0.3, -0.25) is 14.4 Å². The Balaban J connectivity index is 1.95. The number of hydrogen-bond donors (Lipinski definition) is 1. The molecule has 0 bridgehead atoms. The number of allylic oxidation sites excluding steroid dienone is 1. The molecule has 1 N–H and O–H groups in total. The van der Waals surface area contributed by atoms with E-state index in [2.05, 4.69) is 11.4 Å². The number of rotatable bonds is 2. The van der Waals surface area contributed by atoms with Crippen LogP contribution in [0.1, 0.15) is 31.2 Å². The van der Waals surface area contributed by atoms with Crippen molar-refractivity contribution < 1.29 is 23.9 Å². The molecule has 126 valence electrons. The molecule has 1 fully saturated rings. The summed E-state index contributed by atoms with van der Waals surface area (Å²) < 4.78 is 10.9. The Morgan fingerprint density at radius 1 is 1.28 bits per heavy atom. The van der Waals surface area contributed by atoms with Crippen LogP contribution in [0.15, 0.2) is 41.7 Å². The van der Waals surface area contributed by atoms with Crippen molar-refractivity contribution in [3.05, 3.63) is 47.2 Å². The van der Waals surface area contributed by atoms with Gasteiger partial charge in [0.15, 0.2) is 17.3 Å². The standard InChI is InChI=1S/C18H14N2O5/c1-10(21)24-18-17(9-19,20-18)15(11-5-3-2-4-6-11)14-12(22)7-8-13(23)16(14)25-18/h2-6,15,20H,7-8H2,1H3. The monoisotopic (exact) mass is 338 g/mol. The minimum atomic E-state index is -1.75. The van der Waals surface area contributed by atoms with E-state index < -0.39 is 23.3 Å². The van der Waals surface area contributed by atoms with Crippen molar-refractivity contribution in [2.75, 3.05) is 0 Å². The zero-order valence-corrected chi connectivity index (χ0v) is 13.4. The Hall–Kier alpha value is -2.98. The predicted octanol–water partition coefficient (Wildman–Crippen LogP) is 1.07. The summed E-state index contributed by atoms with van der Waals surface area (Å²) in [5, 5.41) is 12.7. The summed E-state index contributed by atoms with van der Waals surface area (Å²) >= 11 is 0. The molecule has 0 amide bonds. The van der Waals surface area contributed by atoms with E-state index in [9.17, 15) is 19.6 Å². The molecular formula is C18H14N2O5. The summed E-state index contributed by atoms with van der Waals surface area (Å²) in [5.41, 5.74) is -0.604. The quantitative estimate of drug-likeness (QED) is 0.633. The highest BCUT2D eigenvalue weighted by Crippen LogP contribution is 2.59. The van der Waals surface area contributed by atoms with Crippen LogP contribution < -0.4 is 5.32 Å². The van der Waals surface area contributed by atoms with Crippen LogP contribution in [0, 0.1) is 11.3 Å². The van der Waals surface area contributed by atoms with Crippen molar-refractivity contribution in [2.45, 2.75) is 37.1 Å². The van der Waals surface area contributed by atoms with Crippen LogP contribution in [0.25, 0.3) is 0 Å². The highest BCUT2D eigenvalue weighted by molar-refractivity contribution is 6.12. The lowest BCUT2D eigenvalue weighted by Crippen LogP contribution is -2.45. The lowest BCUT2D eigenvalue weighted by atomic mass is 9.73. The second kappa shape index (κ2) is 5.01. The van der Waals surface area contributed by atoms with Gasteiger partial charge in [-0.05, 0) is 5.56 Å². The van der Waals surface area contributed by atoms with E-state index in [1.54, 1.807) is 24.3 Å². The number of carbonyl (C=O) groups excluding carboxylic acids is 3. The van der Waals surface area contributed by atoms with Crippen molar-refractivity contribution in [3.8, 4) is 6.07 Å². The molecule has 2 aliphatic heterocycles. The molecule has 0 spiro atoms. The van der Waals surface area contributed by atoms with Gasteiger partial charge < -0.3 is 9.47 Å². The van der Waals surface area contributed by atoms with Gasteiger partial charge in [-0.15, -0.1) is 0 Å². The topological polar surface area (TPSA) is 115 Å². The zero-order chi connectivity index (χ0) is 17.8. The lowest BCUT2D eigenvalue weighted by Gasteiger charge is -2.35.